The van der Waals surface area contributed by atoms with Gasteiger partial charge in [-0.1, -0.05) is 48.2 Å². The Morgan fingerprint density at radius 2 is 1.71 bits per heavy atom. The number of thioether (sulfide) groups is 1. The zero-order chi connectivity index (χ0) is 21.8. The van der Waals surface area contributed by atoms with E-state index in [2.05, 4.69) is 54.8 Å². The van der Waals surface area contributed by atoms with Crippen LogP contribution in [0.5, 0.6) is 0 Å². The number of rotatable bonds is 7. The Kier molecular flexibility index (Phi) is 11.9. The molecule has 5 rings (SSSR count). The summed E-state index contributed by atoms with van der Waals surface area (Å²) in [5, 5.41) is 4.14. The molecule has 35 heavy (non-hydrogen) atoms. The first-order chi connectivity index (χ1) is 15.8. The highest BCUT2D eigenvalue weighted by Gasteiger charge is 2.20. The maximum atomic E-state index is 12.7. The second-order valence-electron chi connectivity index (χ2n) is 8.42. The van der Waals surface area contributed by atoms with E-state index in [-0.39, 0.29) is 43.1 Å². The predicted octanol–water partition coefficient (Wildman–Crippen LogP) is 4.76. The van der Waals surface area contributed by atoms with Gasteiger partial charge in [0.15, 0.2) is 0 Å². The van der Waals surface area contributed by atoms with Gasteiger partial charge >= 0.3 is 0 Å². The van der Waals surface area contributed by atoms with Gasteiger partial charge in [0.25, 0.3) is 5.91 Å². The van der Waals surface area contributed by atoms with Gasteiger partial charge in [-0.15, -0.1) is 37.2 Å². The molecule has 1 saturated heterocycles. The second kappa shape index (κ2) is 14.1. The van der Waals surface area contributed by atoms with Crippen LogP contribution in [0.2, 0.25) is 0 Å². The van der Waals surface area contributed by atoms with E-state index < -0.39 is 0 Å². The lowest BCUT2D eigenvalue weighted by atomic mass is 10.2. The molecule has 1 aromatic carbocycles. The number of carbonyl (C=O) groups excluding carboxylic acids is 1. The molecule has 0 spiro atoms. The molecule has 2 aliphatic heterocycles. The molecule has 1 amide bonds. The third kappa shape index (κ3) is 7.38. The van der Waals surface area contributed by atoms with Gasteiger partial charge in [0, 0.05) is 26.2 Å². The minimum atomic E-state index is 0. The minimum Gasteiger partial charge on any atom is -0.352 e. The Balaban J connectivity index is 0.00000144. The highest BCUT2D eigenvalue weighted by Crippen LogP contribution is 2.34. The zero-order valence-electron chi connectivity index (χ0n) is 19.5. The van der Waals surface area contributed by atoms with Crippen LogP contribution in [0, 0.1) is 0 Å². The lowest BCUT2D eigenvalue weighted by molar-refractivity contribution is -0.116. The van der Waals surface area contributed by atoms with Crippen molar-refractivity contribution in [3.05, 3.63) is 70.9 Å². The number of hydrogen-bond acceptors (Lipinski definition) is 5. The molecular weight excluding hydrogens is 525 g/mol. The second-order valence-corrected chi connectivity index (χ2v) is 9.48. The molecule has 1 fully saturated rings. The van der Waals surface area contributed by atoms with Crippen LogP contribution in [0.3, 0.4) is 0 Å². The van der Waals surface area contributed by atoms with E-state index in [1.165, 1.54) is 23.7 Å². The van der Waals surface area contributed by atoms with Crippen molar-refractivity contribution in [2.24, 2.45) is 0 Å². The molecule has 2 aromatic heterocycles. The monoisotopic (exact) mass is 555 g/mol. The van der Waals surface area contributed by atoms with Crippen LogP contribution in [0.15, 0.2) is 64.7 Å². The van der Waals surface area contributed by atoms with Crippen molar-refractivity contribution >= 4 is 66.6 Å². The quantitative estimate of drug-likeness (QED) is 0.425. The summed E-state index contributed by atoms with van der Waals surface area (Å²) in [6, 6.07) is 16.7. The van der Waals surface area contributed by atoms with Crippen molar-refractivity contribution in [1.82, 2.24) is 24.5 Å². The number of carbonyl (C=O) groups is 1. The summed E-state index contributed by atoms with van der Waals surface area (Å²) in [5.74, 6) is 0.00403. The number of pyridine rings is 1. The maximum Gasteiger partial charge on any atom is 0.258 e. The molecule has 2 aliphatic rings. The number of aromatic nitrogens is 2. The molecule has 6 nitrogen and oxygen atoms in total. The molecule has 0 atom stereocenters. The SMILES string of the molecule is Cl.Cl.Cl.O=C(NCCCN1CCCN(Cc2ccccc2)CC1)C1=Cc2cnc3cccc(n23)S1. The maximum absolute atomic E-state index is 12.7. The van der Waals surface area contributed by atoms with Gasteiger partial charge in [0.1, 0.15) is 5.65 Å². The van der Waals surface area contributed by atoms with Crippen LogP contribution in [-0.4, -0.2) is 64.4 Å². The Bertz CT molecular complexity index is 1120. The Hall–Kier alpha value is -1.74. The van der Waals surface area contributed by atoms with Crippen LogP contribution in [0.1, 0.15) is 24.1 Å². The van der Waals surface area contributed by atoms with Gasteiger partial charge in [-0.2, -0.15) is 0 Å². The van der Waals surface area contributed by atoms with E-state index in [9.17, 15) is 4.79 Å². The van der Waals surface area contributed by atoms with Crippen molar-refractivity contribution in [3.8, 4) is 0 Å². The lowest BCUT2D eigenvalue weighted by Gasteiger charge is -2.22. The summed E-state index contributed by atoms with van der Waals surface area (Å²) in [6.07, 6.45) is 5.92. The van der Waals surface area contributed by atoms with Crippen molar-refractivity contribution < 1.29 is 4.79 Å². The van der Waals surface area contributed by atoms with Crippen molar-refractivity contribution in [2.45, 2.75) is 24.4 Å². The average molecular weight is 557 g/mol. The van der Waals surface area contributed by atoms with Crippen molar-refractivity contribution in [2.75, 3.05) is 39.3 Å². The lowest BCUT2D eigenvalue weighted by Crippen LogP contribution is -2.33. The summed E-state index contributed by atoms with van der Waals surface area (Å²) >= 11 is 1.51. The van der Waals surface area contributed by atoms with Crippen LogP contribution in [-0.2, 0) is 11.3 Å². The first-order valence-corrected chi connectivity index (χ1v) is 12.2. The predicted molar refractivity (Wildman–Crippen MR) is 151 cm³/mol. The molecule has 0 unspecified atom stereocenters. The minimum absolute atomic E-state index is 0. The molecule has 3 aromatic rings. The van der Waals surface area contributed by atoms with Gasteiger partial charge in [0.2, 0.25) is 0 Å². The van der Waals surface area contributed by atoms with Gasteiger partial charge < -0.3 is 10.2 Å². The fraction of sp³-hybridized carbons (Fsp3) is 0.360. The third-order valence-electron chi connectivity index (χ3n) is 6.10. The first-order valence-electron chi connectivity index (χ1n) is 11.4. The molecule has 190 valence electrons. The van der Waals surface area contributed by atoms with E-state index in [0.717, 1.165) is 67.0 Å². The van der Waals surface area contributed by atoms with Gasteiger partial charge in [-0.3, -0.25) is 14.1 Å². The molecule has 0 aliphatic carbocycles. The highest BCUT2D eigenvalue weighted by atomic mass is 35.5. The average Bonchev–Trinajstić information content (AvgIpc) is 3.11. The summed E-state index contributed by atoms with van der Waals surface area (Å²) in [4.78, 5) is 23.0. The smallest absolute Gasteiger partial charge is 0.258 e. The van der Waals surface area contributed by atoms with E-state index in [0.29, 0.717) is 6.54 Å². The van der Waals surface area contributed by atoms with Gasteiger partial charge in [-0.05, 0) is 56.2 Å². The molecule has 0 saturated carbocycles. The summed E-state index contributed by atoms with van der Waals surface area (Å²) in [7, 11) is 0. The zero-order valence-corrected chi connectivity index (χ0v) is 22.7. The number of nitrogens with zero attached hydrogens (tertiary/aromatic N) is 4. The van der Waals surface area contributed by atoms with E-state index in [4.69, 9.17) is 0 Å². The van der Waals surface area contributed by atoms with Crippen molar-refractivity contribution in [1.29, 1.82) is 0 Å². The Morgan fingerprint density at radius 1 is 0.943 bits per heavy atom. The normalized spacial score (nSPS) is 15.7. The van der Waals surface area contributed by atoms with E-state index >= 15 is 0 Å². The third-order valence-corrected chi connectivity index (χ3v) is 7.16. The molecule has 1 N–H and O–H groups in total. The number of hydrogen-bond donors (Lipinski definition) is 1. The molecule has 10 heteroatoms. The van der Waals surface area contributed by atoms with Crippen LogP contribution in [0.25, 0.3) is 11.7 Å². The fourth-order valence-electron chi connectivity index (χ4n) is 4.44. The van der Waals surface area contributed by atoms with Gasteiger partial charge in [0.05, 0.1) is 21.8 Å². The molecular formula is C25H32Cl3N5OS. The highest BCUT2D eigenvalue weighted by molar-refractivity contribution is 8.04. The number of amides is 1. The van der Waals surface area contributed by atoms with Gasteiger partial charge in [-0.25, -0.2) is 4.98 Å². The largest absolute Gasteiger partial charge is 0.352 e. The van der Waals surface area contributed by atoms with E-state index in [1.54, 1.807) is 0 Å². The summed E-state index contributed by atoms with van der Waals surface area (Å²) in [6.45, 7) is 7.23. The van der Waals surface area contributed by atoms with Crippen molar-refractivity contribution in [3.63, 3.8) is 0 Å². The summed E-state index contributed by atoms with van der Waals surface area (Å²) < 4.78 is 2.09. The Morgan fingerprint density at radius 3 is 2.54 bits per heavy atom. The molecule has 0 bridgehead atoms. The fourth-order valence-corrected chi connectivity index (χ4v) is 5.44. The summed E-state index contributed by atoms with van der Waals surface area (Å²) in [5.41, 5.74) is 3.27. The number of halogens is 3. The molecule has 4 heterocycles. The van der Waals surface area contributed by atoms with Crippen LogP contribution in [0.4, 0.5) is 0 Å². The van der Waals surface area contributed by atoms with Crippen LogP contribution < -0.4 is 5.32 Å². The standard InChI is InChI=1S/C25H29N5OS.3ClH/c31-25(22-17-21-18-27-23-9-4-10-24(32-22)30(21)23)26-11-5-12-28-13-6-14-29(16-15-28)19-20-7-2-1-3-8-20;;;/h1-4,7-10,17-18H,5-6,11-16,19H2,(H,26,31);3*1H. The Labute approximate surface area is 229 Å². The first kappa shape index (κ1) is 29.5. The van der Waals surface area contributed by atoms with E-state index in [1.807, 2.05) is 30.5 Å². The number of benzene rings is 1. The number of imidazole rings is 1. The van der Waals surface area contributed by atoms with Crippen LogP contribution >= 0.6 is 49.0 Å². The molecule has 0 radical (unpaired) electrons. The number of nitrogens with one attached hydrogen (secondary N) is 1. The topological polar surface area (TPSA) is 52.9 Å².